The molecule has 3 aromatic rings. The molecule has 1 aromatic heterocycles. The summed E-state index contributed by atoms with van der Waals surface area (Å²) in [7, 11) is 0. The highest BCUT2D eigenvalue weighted by Crippen LogP contribution is 2.38. The number of ether oxygens (including phenoxy) is 1. The van der Waals surface area contributed by atoms with Crippen LogP contribution in [0.25, 0.3) is 10.2 Å². The number of halogens is 3. The lowest BCUT2D eigenvalue weighted by atomic mass is 10.1. The zero-order chi connectivity index (χ0) is 20.0. The first-order valence-corrected chi connectivity index (χ1v) is 8.88. The average Bonchev–Trinajstić information content (AvgIpc) is 3.05. The number of amides is 1. The molecule has 0 radical (unpaired) electrons. The Labute approximate surface area is 159 Å². The minimum absolute atomic E-state index is 0.0178. The van der Waals surface area contributed by atoms with Gasteiger partial charge in [0, 0.05) is 0 Å². The highest BCUT2D eigenvalue weighted by molar-refractivity contribution is 7.18. The zero-order valence-corrected chi connectivity index (χ0v) is 14.8. The number of anilines is 1. The van der Waals surface area contributed by atoms with Gasteiger partial charge in [-0.25, -0.2) is 18.2 Å². The SMILES string of the molecule is O=C(O)CC1Oc2cccc(F)c2N(Cc2nc3ccc(F)c(F)c3s2)C1=O. The van der Waals surface area contributed by atoms with Gasteiger partial charge in [-0.05, 0) is 24.3 Å². The van der Waals surface area contributed by atoms with Gasteiger partial charge in [0.2, 0.25) is 0 Å². The molecule has 1 aliphatic rings. The summed E-state index contributed by atoms with van der Waals surface area (Å²) in [4.78, 5) is 29.0. The third-order valence-corrected chi connectivity index (χ3v) is 5.23. The molecule has 28 heavy (non-hydrogen) atoms. The zero-order valence-electron chi connectivity index (χ0n) is 14.0. The molecule has 1 N–H and O–H groups in total. The number of para-hydroxylation sites is 1. The van der Waals surface area contributed by atoms with Crippen LogP contribution in [0.3, 0.4) is 0 Å². The van der Waals surface area contributed by atoms with Gasteiger partial charge in [0.25, 0.3) is 5.91 Å². The van der Waals surface area contributed by atoms with Gasteiger partial charge in [0.1, 0.15) is 16.4 Å². The minimum Gasteiger partial charge on any atom is -0.481 e. The van der Waals surface area contributed by atoms with Crippen molar-refractivity contribution in [2.24, 2.45) is 0 Å². The number of fused-ring (bicyclic) bond motifs is 2. The summed E-state index contributed by atoms with van der Waals surface area (Å²) in [6, 6.07) is 6.17. The van der Waals surface area contributed by atoms with Crippen molar-refractivity contribution in [3.05, 3.63) is 52.8 Å². The second-order valence-electron chi connectivity index (χ2n) is 6.03. The van der Waals surface area contributed by atoms with Gasteiger partial charge in [0.15, 0.2) is 23.6 Å². The Hall–Kier alpha value is -3.14. The number of carboxylic acid groups (broad SMARTS) is 1. The Balaban J connectivity index is 1.76. The Morgan fingerprint density at radius 1 is 1.21 bits per heavy atom. The second-order valence-corrected chi connectivity index (χ2v) is 7.12. The fourth-order valence-corrected chi connectivity index (χ4v) is 3.95. The lowest BCUT2D eigenvalue weighted by Crippen LogP contribution is -2.46. The van der Waals surface area contributed by atoms with E-state index >= 15 is 0 Å². The van der Waals surface area contributed by atoms with Crippen molar-refractivity contribution in [1.29, 1.82) is 0 Å². The summed E-state index contributed by atoms with van der Waals surface area (Å²) in [5.41, 5.74) is 0.0514. The molecule has 0 saturated carbocycles. The minimum atomic E-state index is -1.34. The summed E-state index contributed by atoms with van der Waals surface area (Å²) >= 11 is 0.830. The van der Waals surface area contributed by atoms with E-state index < -0.39 is 41.9 Å². The normalized spacial score (nSPS) is 16.2. The topological polar surface area (TPSA) is 79.7 Å². The number of nitrogens with zero attached hydrogens (tertiary/aromatic N) is 2. The standard InChI is InChI=1S/C18H11F3N2O4S/c19-8-4-5-10-17(15(8)21)28-13(22-10)7-23-16-9(20)2-1-3-11(16)27-12(18(23)26)6-14(24)25/h1-5,12H,6-7H2,(H,24,25). The number of carbonyl (C=O) groups excluding carboxylic acids is 1. The van der Waals surface area contributed by atoms with Crippen LogP contribution in [0.4, 0.5) is 18.9 Å². The summed E-state index contributed by atoms with van der Waals surface area (Å²) in [6.45, 7) is -0.243. The first-order valence-electron chi connectivity index (χ1n) is 8.07. The van der Waals surface area contributed by atoms with Crippen molar-refractivity contribution in [2.45, 2.75) is 19.1 Å². The molecule has 1 amide bonds. The third kappa shape index (κ3) is 3.05. The molecule has 0 fully saturated rings. The number of aliphatic carboxylic acids is 1. The van der Waals surface area contributed by atoms with Gasteiger partial charge in [0.05, 0.1) is 23.2 Å². The summed E-state index contributed by atoms with van der Waals surface area (Å²) in [5.74, 6) is -4.81. The molecule has 144 valence electrons. The Bertz CT molecular complexity index is 1120. The van der Waals surface area contributed by atoms with Crippen molar-refractivity contribution in [3.8, 4) is 5.75 Å². The van der Waals surface area contributed by atoms with E-state index in [-0.39, 0.29) is 33.2 Å². The van der Waals surface area contributed by atoms with Crippen LogP contribution in [0.5, 0.6) is 5.75 Å². The van der Waals surface area contributed by atoms with E-state index in [1.165, 1.54) is 18.2 Å². The summed E-state index contributed by atoms with van der Waals surface area (Å²) in [5, 5.41) is 9.24. The number of hydrogen-bond donors (Lipinski definition) is 1. The van der Waals surface area contributed by atoms with Crippen molar-refractivity contribution < 1.29 is 32.6 Å². The maximum absolute atomic E-state index is 14.4. The number of aromatic nitrogens is 1. The molecule has 4 rings (SSSR count). The van der Waals surface area contributed by atoms with Gasteiger partial charge in [-0.3, -0.25) is 14.5 Å². The van der Waals surface area contributed by atoms with Crippen LogP contribution in [0.1, 0.15) is 11.4 Å². The van der Waals surface area contributed by atoms with Gasteiger partial charge in [-0.1, -0.05) is 6.07 Å². The predicted octanol–water partition coefficient (Wildman–Crippen LogP) is 3.48. The first-order chi connectivity index (χ1) is 13.3. The summed E-state index contributed by atoms with van der Waals surface area (Å²) in [6.07, 6.45) is -1.94. The molecule has 0 saturated heterocycles. The second kappa shape index (κ2) is 6.79. The van der Waals surface area contributed by atoms with E-state index in [9.17, 15) is 22.8 Å². The lowest BCUT2D eigenvalue weighted by Gasteiger charge is -2.33. The first kappa shape index (κ1) is 18.2. The van der Waals surface area contributed by atoms with Crippen molar-refractivity contribution in [3.63, 3.8) is 0 Å². The predicted molar refractivity (Wildman–Crippen MR) is 93.8 cm³/mol. The smallest absolute Gasteiger partial charge is 0.307 e. The largest absolute Gasteiger partial charge is 0.481 e. The molecular weight excluding hydrogens is 397 g/mol. The van der Waals surface area contributed by atoms with Gasteiger partial charge < -0.3 is 9.84 Å². The maximum Gasteiger partial charge on any atom is 0.307 e. The van der Waals surface area contributed by atoms with E-state index in [0.717, 1.165) is 28.4 Å². The number of carbonyl (C=O) groups is 2. The highest BCUT2D eigenvalue weighted by Gasteiger charge is 2.38. The molecular formula is C18H11F3N2O4S. The molecule has 6 nitrogen and oxygen atoms in total. The molecule has 1 aliphatic heterocycles. The quantitative estimate of drug-likeness (QED) is 0.715. The highest BCUT2D eigenvalue weighted by atomic mass is 32.1. The molecule has 10 heteroatoms. The van der Waals surface area contributed by atoms with Gasteiger partial charge >= 0.3 is 5.97 Å². The van der Waals surface area contributed by atoms with Crippen LogP contribution in [-0.4, -0.2) is 28.1 Å². The number of carboxylic acids is 1. The molecule has 2 aromatic carbocycles. The van der Waals surface area contributed by atoms with E-state index in [0.29, 0.717) is 0 Å². The monoisotopic (exact) mass is 408 g/mol. The number of rotatable bonds is 4. The van der Waals surface area contributed by atoms with Crippen LogP contribution in [0.15, 0.2) is 30.3 Å². The number of thiazole rings is 1. The van der Waals surface area contributed by atoms with E-state index in [4.69, 9.17) is 9.84 Å². The molecule has 0 spiro atoms. The van der Waals surface area contributed by atoms with Crippen LogP contribution in [0, 0.1) is 17.5 Å². The van der Waals surface area contributed by atoms with Crippen LogP contribution >= 0.6 is 11.3 Å². The fraction of sp³-hybridized carbons (Fsp3) is 0.167. The molecule has 1 atom stereocenters. The van der Waals surface area contributed by atoms with Gasteiger partial charge in [-0.2, -0.15) is 0 Å². The number of benzene rings is 2. The number of hydrogen-bond acceptors (Lipinski definition) is 5. The van der Waals surface area contributed by atoms with E-state index in [1.54, 1.807) is 0 Å². The van der Waals surface area contributed by atoms with Crippen LogP contribution in [-0.2, 0) is 16.1 Å². The van der Waals surface area contributed by atoms with E-state index in [1.807, 2.05) is 0 Å². The molecule has 0 bridgehead atoms. The van der Waals surface area contributed by atoms with Crippen molar-refractivity contribution in [1.82, 2.24) is 4.98 Å². The van der Waals surface area contributed by atoms with Gasteiger partial charge in [-0.15, -0.1) is 11.3 Å². The molecule has 2 heterocycles. The average molecular weight is 408 g/mol. The Kier molecular flexibility index (Phi) is 4.42. The fourth-order valence-electron chi connectivity index (χ4n) is 2.97. The molecule has 0 aliphatic carbocycles. The maximum atomic E-state index is 14.4. The lowest BCUT2D eigenvalue weighted by molar-refractivity contribution is -0.142. The Morgan fingerprint density at radius 2 is 2.00 bits per heavy atom. The third-order valence-electron chi connectivity index (χ3n) is 4.18. The van der Waals surface area contributed by atoms with E-state index in [2.05, 4.69) is 4.98 Å². The van der Waals surface area contributed by atoms with Crippen molar-refractivity contribution in [2.75, 3.05) is 4.90 Å². The molecule has 1 unspecified atom stereocenters. The summed E-state index contributed by atoms with van der Waals surface area (Å²) < 4.78 is 47.1. The van der Waals surface area contributed by atoms with Crippen LogP contribution in [0.2, 0.25) is 0 Å². The Morgan fingerprint density at radius 3 is 2.75 bits per heavy atom. The van der Waals surface area contributed by atoms with Crippen LogP contribution < -0.4 is 9.64 Å². The van der Waals surface area contributed by atoms with Crippen molar-refractivity contribution >= 4 is 39.1 Å².